The molecule has 0 radical (unpaired) electrons. The summed E-state index contributed by atoms with van der Waals surface area (Å²) >= 11 is 1.59. The third-order valence-corrected chi connectivity index (χ3v) is 5.37. The number of carbonyl (C=O) groups excluding carboxylic acids is 1. The Morgan fingerprint density at radius 1 is 0.929 bits per heavy atom. The van der Waals surface area contributed by atoms with Crippen LogP contribution in [0.25, 0.3) is 10.6 Å². The van der Waals surface area contributed by atoms with Gasteiger partial charge in [-0.05, 0) is 29.0 Å². The average Bonchev–Trinajstić information content (AvgIpc) is 3.39. The van der Waals surface area contributed by atoms with Gasteiger partial charge < -0.3 is 5.32 Å². The maximum absolute atomic E-state index is 12.9. The molecule has 0 aliphatic carbocycles. The van der Waals surface area contributed by atoms with Crippen LogP contribution in [0.4, 0.5) is 0 Å². The molecule has 0 fully saturated rings. The van der Waals surface area contributed by atoms with Gasteiger partial charge in [0.15, 0.2) is 0 Å². The molecule has 4 nitrogen and oxygen atoms in total. The van der Waals surface area contributed by atoms with Gasteiger partial charge in [0, 0.05) is 12.7 Å². The number of benzene rings is 2. The van der Waals surface area contributed by atoms with Gasteiger partial charge in [0.05, 0.1) is 17.0 Å². The first-order chi connectivity index (χ1) is 13.8. The Hall–Kier alpha value is -3.18. The van der Waals surface area contributed by atoms with Crippen LogP contribution in [0, 0.1) is 0 Å². The van der Waals surface area contributed by atoms with Crippen molar-refractivity contribution in [3.05, 3.63) is 101 Å². The summed E-state index contributed by atoms with van der Waals surface area (Å²) in [5.74, 6) is -0.0846. The molecule has 5 heteroatoms. The van der Waals surface area contributed by atoms with E-state index in [4.69, 9.17) is 5.10 Å². The van der Waals surface area contributed by atoms with E-state index in [1.807, 2.05) is 64.8 Å². The van der Waals surface area contributed by atoms with Gasteiger partial charge >= 0.3 is 0 Å². The zero-order chi connectivity index (χ0) is 19.2. The second kappa shape index (κ2) is 8.67. The Kier molecular flexibility index (Phi) is 5.64. The Labute approximate surface area is 168 Å². The highest BCUT2D eigenvalue weighted by atomic mass is 32.1. The minimum Gasteiger partial charge on any atom is -0.352 e. The third-order valence-electron chi connectivity index (χ3n) is 4.49. The lowest BCUT2D eigenvalue weighted by atomic mass is 10.1. The minimum atomic E-state index is -0.0846. The van der Waals surface area contributed by atoms with Crippen LogP contribution in [0.1, 0.15) is 21.5 Å². The summed E-state index contributed by atoms with van der Waals surface area (Å²) in [5, 5.41) is 9.74. The van der Waals surface area contributed by atoms with Crippen molar-refractivity contribution in [2.75, 3.05) is 6.54 Å². The van der Waals surface area contributed by atoms with Gasteiger partial charge in [-0.1, -0.05) is 66.7 Å². The van der Waals surface area contributed by atoms with E-state index in [1.165, 1.54) is 5.56 Å². The summed E-state index contributed by atoms with van der Waals surface area (Å²) < 4.78 is 1.84. The minimum absolute atomic E-state index is 0.0846. The zero-order valence-corrected chi connectivity index (χ0v) is 16.2. The molecule has 28 heavy (non-hydrogen) atoms. The summed E-state index contributed by atoms with van der Waals surface area (Å²) in [6, 6.07) is 24.3. The number of carbonyl (C=O) groups is 1. The van der Waals surface area contributed by atoms with Gasteiger partial charge in [0.2, 0.25) is 0 Å². The molecule has 140 valence electrons. The van der Waals surface area contributed by atoms with Crippen LogP contribution in [0.2, 0.25) is 0 Å². The lowest BCUT2D eigenvalue weighted by Crippen LogP contribution is -2.25. The molecule has 0 spiro atoms. The lowest BCUT2D eigenvalue weighted by Gasteiger charge is -2.05. The first kappa shape index (κ1) is 18.2. The number of nitrogens with one attached hydrogen (secondary N) is 1. The van der Waals surface area contributed by atoms with Crippen LogP contribution in [-0.4, -0.2) is 22.2 Å². The maximum atomic E-state index is 12.9. The van der Waals surface area contributed by atoms with Crippen molar-refractivity contribution in [3.8, 4) is 10.6 Å². The molecular formula is C23H21N3OS. The predicted octanol–water partition coefficient (Wildman–Crippen LogP) is 4.63. The second-order valence-corrected chi connectivity index (χ2v) is 7.49. The van der Waals surface area contributed by atoms with Gasteiger partial charge in [0.25, 0.3) is 5.91 Å². The first-order valence-corrected chi connectivity index (χ1v) is 10.1. The normalized spacial score (nSPS) is 10.7. The predicted molar refractivity (Wildman–Crippen MR) is 114 cm³/mol. The molecule has 0 aliphatic rings. The molecule has 0 atom stereocenters. The Balaban J connectivity index is 1.51. The summed E-state index contributed by atoms with van der Waals surface area (Å²) in [6.45, 7) is 1.23. The zero-order valence-electron chi connectivity index (χ0n) is 15.4. The van der Waals surface area contributed by atoms with E-state index in [-0.39, 0.29) is 5.91 Å². The van der Waals surface area contributed by atoms with E-state index in [1.54, 1.807) is 11.3 Å². The molecule has 0 saturated carbocycles. The molecule has 1 N–H and O–H groups in total. The quantitative estimate of drug-likeness (QED) is 0.502. The van der Waals surface area contributed by atoms with Crippen LogP contribution in [0.15, 0.2) is 84.4 Å². The van der Waals surface area contributed by atoms with Crippen LogP contribution in [0.5, 0.6) is 0 Å². The van der Waals surface area contributed by atoms with Gasteiger partial charge in [-0.2, -0.15) is 5.10 Å². The lowest BCUT2D eigenvalue weighted by molar-refractivity contribution is 0.0954. The van der Waals surface area contributed by atoms with Crippen molar-refractivity contribution in [3.63, 3.8) is 0 Å². The monoisotopic (exact) mass is 387 g/mol. The number of rotatable bonds is 7. The molecule has 0 saturated heterocycles. The molecule has 2 heterocycles. The van der Waals surface area contributed by atoms with Crippen molar-refractivity contribution in [2.24, 2.45) is 0 Å². The van der Waals surface area contributed by atoms with E-state index in [0.29, 0.717) is 18.7 Å². The summed E-state index contributed by atoms with van der Waals surface area (Å²) in [5.41, 5.74) is 3.72. The van der Waals surface area contributed by atoms with Crippen molar-refractivity contribution >= 4 is 17.2 Å². The SMILES string of the molecule is O=C(NCCc1ccccc1)c1cn(Cc2ccccc2)nc1-c1cccs1. The Morgan fingerprint density at radius 2 is 1.64 bits per heavy atom. The highest BCUT2D eigenvalue weighted by Gasteiger charge is 2.18. The fourth-order valence-corrected chi connectivity index (χ4v) is 3.82. The van der Waals surface area contributed by atoms with E-state index in [9.17, 15) is 4.79 Å². The topological polar surface area (TPSA) is 46.9 Å². The van der Waals surface area contributed by atoms with Crippen LogP contribution in [0.3, 0.4) is 0 Å². The molecule has 0 unspecified atom stereocenters. The number of hydrogen-bond donors (Lipinski definition) is 1. The second-order valence-electron chi connectivity index (χ2n) is 6.54. The smallest absolute Gasteiger partial charge is 0.255 e. The highest BCUT2D eigenvalue weighted by Crippen LogP contribution is 2.27. The van der Waals surface area contributed by atoms with Gasteiger partial charge in [0.1, 0.15) is 5.69 Å². The van der Waals surface area contributed by atoms with E-state index in [0.717, 1.165) is 22.6 Å². The number of hydrogen-bond acceptors (Lipinski definition) is 3. The Morgan fingerprint density at radius 3 is 2.32 bits per heavy atom. The third kappa shape index (κ3) is 4.38. The summed E-state index contributed by atoms with van der Waals surface area (Å²) in [6.07, 6.45) is 2.65. The molecule has 1 amide bonds. The van der Waals surface area contributed by atoms with Crippen LogP contribution < -0.4 is 5.32 Å². The van der Waals surface area contributed by atoms with Crippen molar-refractivity contribution in [2.45, 2.75) is 13.0 Å². The first-order valence-electron chi connectivity index (χ1n) is 9.27. The van der Waals surface area contributed by atoms with Crippen molar-refractivity contribution < 1.29 is 4.79 Å². The van der Waals surface area contributed by atoms with E-state index in [2.05, 4.69) is 29.6 Å². The van der Waals surface area contributed by atoms with Crippen LogP contribution >= 0.6 is 11.3 Å². The average molecular weight is 388 g/mol. The molecule has 0 aliphatic heterocycles. The fraction of sp³-hybridized carbons (Fsp3) is 0.130. The molecular weight excluding hydrogens is 366 g/mol. The van der Waals surface area contributed by atoms with Crippen molar-refractivity contribution in [1.29, 1.82) is 0 Å². The molecule has 2 aromatic carbocycles. The maximum Gasteiger partial charge on any atom is 0.255 e. The van der Waals surface area contributed by atoms with Gasteiger partial charge in [-0.15, -0.1) is 11.3 Å². The van der Waals surface area contributed by atoms with E-state index >= 15 is 0 Å². The summed E-state index contributed by atoms with van der Waals surface area (Å²) in [4.78, 5) is 13.9. The number of aromatic nitrogens is 2. The standard InChI is InChI=1S/C23H21N3OS/c27-23(24-14-13-18-8-3-1-4-9-18)20-17-26(16-19-10-5-2-6-11-19)25-22(20)21-12-7-15-28-21/h1-12,15,17H,13-14,16H2,(H,24,27). The number of thiophene rings is 1. The summed E-state index contributed by atoms with van der Waals surface area (Å²) in [7, 11) is 0. The molecule has 2 aromatic heterocycles. The number of amides is 1. The molecule has 4 aromatic rings. The van der Waals surface area contributed by atoms with E-state index < -0.39 is 0 Å². The van der Waals surface area contributed by atoms with Gasteiger partial charge in [-0.3, -0.25) is 9.48 Å². The number of nitrogens with zero attached hydrogens (tertiary/aromatic N) is 2. The van der Waals surface area contributed by atoms with Crippen LogP contribution in [-0.2, 0) is 13.0 Å². The molecule has 4 rings (SSSR count). The largest absolute Gasteiger partial charge is 0.352 e. The highest BCUT2D eigenvalue weighted by molar-refractivity contribution is 7.13. The van der Waals surface area contributed by atoms with Gasteiger partial charge in [-0.25, -0.2) is 0 Å². The fourth-order valence-electron chi connectivity index (χ4n) is 3.09. The van der Waals surface area contributed by atoms with Crippen molar-refractivity contribution in [1.82, 2.24) is 15.1 Å². The molecule has 0 bridgehead atoms. The Bertz CT molecular complexity index is 1020.